The molecule has 26 heavy (non-hydrogen) atoms. The van der Waals surface area contributed by atoms with E-state index in [1.165, 1.54) is 11.3 Å². The maximum Gasteiger partial charge on any atom is 0.325 e. The minimum Gasteiger partial charge on any atom is -0.497 e. The minimum atomic E-state index is -0.355. The molecule has 0 atom stereocenters. The standard InChI is InChI=1S/C18H18N4O3S/c1-24-14-8-5-9-15(12-14)25-11-10-16-21-22-18(26-16)20-17(23)19-13-6-3-2-4-7-13/h2-9,12H,10-11H2,1H3,(H2,19,20,22,23). The van der Waals surface area contributed by atoms with Crippen molar-refractivity contribution >= 4 is 28.2 Å². The van der Waals surface area contributed by atoms with Crippen LogP contribution in [-0.2, 0) is 6.42 Å². The Morgan fingerprint density at radius 1 is 1.04 bits per heavy atom. The number of amides is 2. The van der Waals surface area contributed by atoms with Crippen LogP contribution in [0.25, 0.3) is 0 Å². The van der Waals surface area contributed by atoms with Gasteiger partial charge in [-0.15, -0.1) is 10.2 Å². The molecule has 7 nitrogen and oxygen atoms in total. The Bertz CT molecular complexity index is 854. The van der Waals surface area contributed by atoms with Gasteiger partial charge in [0.2, 0.25) is 5.13 Å². The highest BCUT2D eigenvalue weighted by Crippen LogP contribution is 2.20. The number of para-hydroxylation sites is 1. The second-order valence-electron chi connectivity index (χ2n) is 5.22. The molecule has 2 N–H and O–H groups in total. The fourth-order valence-corrected chi connectivity index (χ4v) is 2.85. The van der Waals surface area contributed by atoms with E-state index >= 15 is 0 Å². The fraction of sp³-hybridized carbons (Fsp3) is 0.167. The van der Waals surface area contributed by atoms with Crippen molar-refractivity contribution in [2.75, 3.05) is 24.4 Å². The Balaban J connectivity index is 1.46. The van der Waals surface area contributed by atoms with E-state index in [4.69, 9.17) is 9.47 Å². The van der Waals surface area contributed by atoms with Crippen LogP contribution in [0.3, 0.4) is 0 Å². The van der Waals surface area contributed by atoms with Gasteiger partial charge >= 0.3 is 6.03 Å². The van der Waals surface area contributed by atoms with E-state index in [0.29, 0.717) is 23.8 Å². The maximum absolute atomic E-state index is 11.9. The van der Waals surface area contributed by atoms with Gasteiger partial charge in [-0.1, -0.05) is 35.6 Å². The third-order valence-electron chi connectivity index (χ3n) is 3.34. The normalized spacial score (nSPS) is 10.2. The van der Waals surface area contributed by atoms with Crippen LogP contribution in [0.2, 0.25) is 0 Å². The first kappa shape index (κ1) is 17.7. The maximum atomic E-state index is 11.9. The first-order valence-corrected chi connectivity index (χ1v) is 8.77. The zero-order valence-electron chi connectivity index (χ0n) is 14.1. The molecular weight excluding hydrogens is 352 g/mol. The van der Waals surface area contributed by atoms with Gasteiger partial charge in [0, 0.05) is 18.2 Å². The number of carbonyl (C=O) groups is 1. The molecule has 8 heteroatoms. The highest BCUT2D eigenvalue weighted by molar-refractivity contribution is 7.15. The number of carbonyl (C=O) groups excluding carboxylic acids is 1. The average Bonchev–Trinajstić information content (AvgIpc) is 3.10. The molecule has 2 aromatic carbocycles. The summed E-state index contributed by atoms with van der Waals surface area (Å²) >= 11 is 1.32. The molecule has 0 radical (unpaired) electrons. The molecule has 134 valence electrons. The number of rotatable bonds is 7. The topological polar surface area (TPSA) is 85.4 Å². The highest BCUT2D eigenvalue weighted by Gasteiger charge is 2.08. The van der Waals surface area contributed by atoms with Crippen LogP contribution in [0.1, 0.15) is 5.01 Å². The molecule has 0 unspecified atom stereocenters. The van der Waals surface area contributed by atoms with Gasteiger partial charge < -0.3 is 14.8 Å². The van der Waals surface area contributed by atoms with Crippen molar-refractivity contribution in [3.05, 3.63) is 59.6 Å². The number of aromatic nitrogens is 2. The van der Waals surface area contributed by atoms with Crippen molar-refractivity contribution in [1.82, 2.24) is 10.2 Å². The summed E-state index contributed by atoms with van der Waals surface area (Å²) in [6.07, 6.45) is 0.594. The molecule has 0 fully saturated rings. The largest absolute Gasteiger partial charge is 0.497 e. The summed E-state index contributed by atoms with van der Waals surface area (Å²) in [4.78, 5) is 11.9. The third kappa shape index (κ3) is 5.18. The smallest absolute Gasteiger partial charge is 0.325 e. The van der Waals surface area contributed by atoms with Gasteiger partial charge in [0.25, 0.3) is 0 Å². The van der Waals surface area contributed by atoms with E-state index in [9.17, 15) is 4.79 Å². The van der Waals surface area contributed by atoms with Crippen LogP contribution in [0.15, 0.2) is 54.6 Å². The quantitative estimate of drug-likeness (QED) is 0.660. The molecule has 0 aliphatic rings. The fourth-order valence-electron chi connectivity index (χ4n) is 2.13. The van der Waals surface area contributed by atoms with Crippen molar-refractivity contribution in [3.8, 4) is 11.5 Å². The lowest BCUT2D eigenvalue weighted by molar-refractivity contribution is 0.262. The van der Waals surface area contributed by atoms with Crippen LogP contribution >= 0.6 is 11.3 Å². The lowest BCUT2D eigenvalue weighted by Gasteiger charge is -2.06. The Labute approximate surface area is 155 Å². The number of nitrogens with one attached hydrogen (secondary N) is 2. The SMILES string of the molecule is COc1cccc(OCCc2nnc(NC(=O)Nc3ccccc3)s2)c1. The monoisotopic (exact) mass is 370 g/mol. The average molecular weight is 370 g/mol. The van der Waals surface area contributed by atoms with Gasteiger partial charge in [-0.3, -0.25) is 5.32 Å². The lowest BCUT2D eigenvalue weighted by atomic mass is 10.3. The molecule has 0 spiro atoms. The number of methoxy groups -OCH3 is 1. The van der Waals surface area contributed by atoms with E-state index in [-0.39, 0.29) is 6.03 Å². The molecule has 0 aliphatic carbocycles. The predicted molar refractivity (Wildman–Crippen MR) is 101 cm³/mol. The molecular formula is C18H18N4O3S. The number of ether oxygens (including phenoxy) is 2. The van der Waals surface area contributed by atoms with Crippen molar-refractivity contribution in [3.63, 3.8) is 0 Å². The second-order valence-corrected chi connectivity index (χ2v) is 6.29. The van der Waals surface area contributed by atoms with Crippen LogP contribution < -0.4 is 20.1 Å². The number of urea groups is 1. The summed E-state index contributed by atoms with van der Waals surface area (Å²) in [6, 6.07) is 16.2. The molecule has 2 amide bonds. The zero-order chi connectivity index (χ0) is 18.2. The molecule has 0 aliphatic heterocycles. The summed E-state index contributed by atoms with van der Waals surface area (Å²) in [5.41, 5.74) is 0.710. The Morgan fingerprint density at radius 2 is 1.85 bits per heavy atom. The molecule has 1 aromatic heterocycles. The van der Waals surface area contributed by atoms with Crippen molar-refractivity contribution in [1.29, 1.82) is 0 Å². The van der Waals surface area contributed by atoms with Gasteiger partial charge in [-0.2, -0.15) is 0 Å². The first-order valence-electron chi connectivity index (χ1n) is 7.95. The Hall–Kier alpha value is -3.13. The molecule has 1 heterocycles. The van der Waals surface area contributed by atoms with E-state index < -0.39 is 0 Å². The lowest BCUT2D eigenvalue weighted by Crippen LogP contribution is -2.19. The van der Waals surface area contributed by atoms with E-state index in [2.05, 4.69) is 20.8 Å². The summed E-state index contributed by atoms with van der Waals surface area (Å²) < 4.78 is 10.8. The number of hydrogen-bond acceptors (Lipinski definition) is 6. The van der Waals surface area contributed by atoms with E-state index in [1.54, 1.807) is 19.2 Å². The summed E-state index contributed by atoms with van der Waals surface area (Å²) in [7, 11) is 1.61. The predicted octanol–water partition coefficient (Wildman–Crippen LogP) is 3.81. The summed E-state index contributed by atoms with van der Waals surface area (Å²) in [5, 5.41) is 14.7. The molecule has 0 bridgehead atoms. The third-order valence-corrected chi connectivity index (χ3v) is 4.24. The Morgan fingerprint density at radius 3 is 2.65 bits per heavy atom. The summed E-state index contributed by atoms with van der Waals surface area (Å²) in [6.45, 7) is 0.456. The number of nitrogens with zero attached hydrogens (tertiary/aromatic N) is 2. The van der Waals surface area contributed by atoms with Crippen molar-refractivity contribution in [2.24, 2.45) is 0 Å². The van der Waals surface area contributed by atoms with Gasteiger partial charge in [-0.05, 0) is 24.3 Å². The molecule has 3 aromatic rings. The van der Waals surface area contributed by atoms with Crippen LogP contribution in [0.5, 0.6) is 11.5 Å². The minimum absolute atomic E-state index is 0.355. The highest BCUT2D eigenvalue weighted by atomic mass is 32.1. The second kappa shape index (κ2) is 8.82. The zero-order valence-corrected chi connectivity index (χ0v) is 15.0. The molecule has 0 saturated carbocycles. The number of benzene rings is 2. The van der Waals surface area contributed by atoms with Gasteiger partial charge in [0.05, 0.1) is 13.7 Å². The van der Waals surface area contributed by atoms with E-state index in [0.717, 1.165) is 16.5 Å². The van der Waals surface area contributed by atoms with Gasteiger partial charge in [0.15, 0.2) is 0 Å². The number of hydrogen-bond donors (Lipinski definition) is 2. The Kier molecular flexibility index (Phi) is 6.00. The number of anilines is 2. The summed E-state index contributed by atoms with van der Waals surface area (Å²) in [5.74, 6) is 1.48. The molecule has 0 saturated heterocycles. The van der Waals surface area contributed by atoms with Crippen LogP contribution in [0, 0.1) is 0 Å². The van der Waals surface area contributed by atoms with Crippen LogP contribution in [0.4, 0.5) is 15.6 Å². The van der Waals surface area contributed by atoms with Crippen molar-refractivity contribution in [2.45, 2.75) is 6.42 Å². The first-order chi connectivity index (χ1) is 12.7. The molecule has 3 rings (SSSR count). The van der Waals surface area contributed by atoms with Crippen LogP contribution in [-0.4, -0.2) is 29.9 Å². The van der Waals surface area contributed by atoms with Gasteiger partial charge in [-0.25, -0.2) is 4.79 Å². The van der Waals surface area contributed by atoms with Crippen molar-refractivity contribution < 1.29 is 14.3 Å². The van der Waals surface area contributed by atoms with Gasteiger partial charge in [0.1, 0.15) is 16.5 Å². The van der Waals surface area contributed by atoms with E-state index in [1.807, 2.05) is 42.5 Å².